The van der Waals surface area contributed by atoms with Gasteiger partial charge < -0.3 is 4.55 Å². The molecule has 1 aromatic carbocycles. The van der Waals surface area contributed by atoms with Crippen molar-refractivity contribution in [1.82, 2.24) is 0 Å². The molecular formula is C10HF12KO6S2. The smallest absolute Gasteiger partial charge is 0.743 e. The van der Waals surface area contributed by atoms with Gasteiger partial charge in [-0.2, -0.15) is 35.1 Å². The van der Waals surface area contributed by atoms with Gasteiger partial charge in [-0.25, -0.2) is 39.1 Å². The number of hydrogen-bond acceptors (Lipinski definition) is 6. The van der Waals surface area contributed by atoms with E-state index >= 15 is 0 Å². The molecule has 0 atom stereocenters. The molecule has 0 heterocycles. The van der Waals surface area contributed by atoms with Crippen LogP contribution in [0.2, 0.25) is 0 Å². The van der Waals surface area contributed by atoms with E-state index in [4.69, 9.17) is 0 Å². The fraction of sp³-hybridized carbons (Fsp3) is 0.400. The maximum absolute atomic E-state index is 13.7. The van der Waals surface area contributed by atoms with Crippen LogP contribution in [0.25, 0.3) is 0 Å². The SMILES string of the molecule is O=S(=O)([O-])C(F)(F)C(F)(F)OC(F)(F)C(F)(F)S(=O)(=O)c1c(F)c(F)cc(F)c1F.[K+]. The average molecular weight is 548 g/mol. The van der Waals surface area contributed by atoms with Gasteiger partial charge >= 0.3 is 74.1 Å². The summed E-state index contributed by atoms with van der Waals surface area (Å²) in [4.78, 5) is -3.47. The second-order valence-electron chi connectivity index (χ2n) is 4.92. The van der Waals surface area contributed by atoms with Crippen molar-refractivity contribution in [3.63, 3.8) is 0 Å². The molecule has 0 spiro atoms. The summed E-state index contributed by atoms with van der Waals surface area (Å²) in [7, 11) is -15.4. The van der Waals surface area contributed by atoms with E-state index in [1.807, 2.05) is 0 Å². The molecule has 0 bridgehead atoms. The molecular weight excluding hydrogens is 547 g/mol. The Balaban J connectivity index is 0.00000900. The van der Waals surface area contributed by atoms with Crippen molar-refractivity contribution in [2.75, 3.05) is 0 Å². The van der Waals surface area contributed by atoms with Gasteiger partial charge in [0.15, 0.2) is 38.3 Å². The van der Waals surface area contributed by atoms with Gasteiger partial charge in [0, 0.05) is 6.07 Å². The first-order valence-electron chi connectivity index (χ1n) is 6.20. The Morgan fingerprint density at radius 1 is 0.710 bits per heavy atom. The predicted molar refractivity (Wildman–Crippen MR) is 64.0 cm³/mol. The van der Waals surface area contributed by atoms with Gasteiger partial charge in [0.1, 0.15) is 0 Å². The zero-order valence-electron chi connectivity index (χ0n) is 13.9. The molecule has 0 radical (unpaired) electrons. The molecule has 0 unspecified atom stereocenters. The van der Waals surface area contributed by atoms with Crippen molar-refractivity contribution in [2.24, 2.45) is 0 Å². The van der Waals surface area contributed by atoms with Crippen LogP contribution in [0.5, 0.6) is 0 Å². The minimum atomic E-state index is -7.80. The molecule has 0 aliphatic rings. The average Bonchev–Trinajstić information content (AvgIpc) is 2.50. The summed E-state index contributed by atoms with van der Waals surface area (Å²) < 4.78 is 213. The Morgan fingerprint density at radius 3 is 1.35 bits per heavy atom. The molecule has 0 aliphatic carbocycles. The fourth-order valence-corrected chi connectivity index (χ4v) is 3.11. The maximum Gasteiger partial charge on any atom is 1.00 e. The topological polar surface area (TPSA) is 101 Å². The summed E-state index contributed by atoms with van der Waals surface area (Å²) in [6.07, 6.45) is -14.8. The number of halogens is 12. The summed E-state index contributed by atoms with van der Waals surface area (Å²) in [5, 5.41) is -14.6. The van der Waals surface area contributed by atoms with Crippen LogP contribution in [0, 0.1) is 23.3 Å². The number of hydrogen-bond donors (Lipinski definition) is 0. The maximum atomic E-state index is 13.7. The largest absolute Gasteiger partial charge is 1.00 e. The summed E-state index contributed by atoms with van der Waals surface area (Å²) in [6.45, 7) is 0. The molecule has 0 aromatic heterocycles. The third-order valence-electron chi connectivity index (χ3n) is 2.93. The monoisotopic (exact) mass is 548 g/mol. The fourth-order valence-electron chi connectivity index (χ4n) is 1.50. The zero-order chi connectivity index (χ0) is 24.3. The van der Waals surface area contributed by atoms with Crippen molar-refractivity contribution >= 4 is 20.0 Å². The van der Waals surface area contributed by atoms with Gasteiger partial charge in [0.25, 0.3) is 9.84 Å². The van der Waals surface area contributed by atoms with E-state index in [9.17, 15) is 74.1 Å². The molecule has 31 heavy (non-hydrogen) atoms. The second-order valence-corrected chi connectivity index (χ2v) is 8.27. The van der Waals surface area contributed by atoms with Crippen LogP contribution in [-0.4, -0.2) is 44.1 Å². The normalized spacial score (nSPS) is 14.4. The first-order chi connectivity index (χ1) is 13.0. The molecule has 0 saturated heterocycles. The first kappa shape index (κ1) is 30.8. The summed E-state index contributed by atoms with van der Waals surface area (Å²) in [5.74, 6) is -12.0. The van der Waals surface area contributed by atoms with Crippen molar-refractivity contribution in [2.45, 2.75) is 27.6 Å². The third kappa shape index (κ3) is 5.02. The van der Waals surface area contributed by atoms with Crippen LogP contribution >= 0.6 is 0 Å². The van der Waals surface area contributed by atoms with Crippen LogP contribution < -0.4 is 51.4 Å². The van der Waals surface area contributed by atoms with Crippen LogP contribution in [0.3, 0.4) is 0 Å². The van der Waals surface area contributed by atoms with Gasteiger partial charge in [-0.05, 0) is 0 Å². The summed E-state index contributed by atoms with van der Waals surface area (Å²) in [6, 6.07) is -0.774. The van der Waals surface area contributed by atoms with Crippen LogP contribution in [-0.2, 0) is 24.7 Å². The van der Waals surface area contributed by atoms with E-state index in [-0.39, 0.29) is 51.4 Å². The molecule has 1 rings (SSSR count). The van der Waals surface area contributed by atoms with Gasteiger partial charge in [-0.15, -0.1) is 0 Å². The number of benzene rings is 1. The molecule has 21 heteroatoms. The van der Waals surface area contributed by atoms with Crippen LogP contribution in [0.1, 0.15) is 0 Å². The predicted octanol–water partition coefficient (Wildman–Crippen LogP) is -0.0463. The van der Waals surface area contributed by atoms with Crippen molar-refractivity contribution in [3.05, 3.63) is 29.3 Å². The molecule has 1 aromatic rings. The minimum absolute atomic E-state index is 0. The van der Waals surface area contributed by atoms with E-state index < -0.39 is 76.9 Å². The van der Waals surface area contributed by atoms with Crippen molar-refractivity contribution in [3.8, 4) is 0 Å². The van der Waals surface area contributed by atoms with E-state index in [1.165, 1.54) is 0 Å². The molecule has 0 saturated carbocycles. The van der Waals surface area contributed by atoms with Gasteiger partial charge in [0.05, 0.1) is 0 Å². The second kappa shape index (κ2) is 8.89. The molecule has 0 fully saturated rings. The Morgan fingerprint density at radius 2 is 1.03 bits per heavy atom. The third-order valence-corrected chi connectivity index (χ3v) is 5.60. The molecule has 6 nitrogen and oxygen atoms in total. The van der Waals surface area contributed by atoms with Gasteiger partial charge in [0.2, 0.25) is 0 Å². The summed E-state index contributed by atoms with van der Waals surface area (Å²) >= 11 is 0. The summed E-state index contributed by atoms with van der Waals surface area (Å²) in [5.41, 5.74) is 0. The molecule has 174 valence electrons. The van der Waals surface area contributed by atoms with Crippen LogP contribution in [0.4, 0.5) is 52.7 Å². The first-order valence-corrected chi connectivity index (χ1v) is 9.09. The van der Waals surface area contributed by atoms with Crippen LogP contribution in [0.15, 0.2) is 11.0 Å². The van der Waals surface area contributed by atoms with E-state index in [1.54, 1.807) is 4.74 Å². The minimum Gasteiger partial charge on any atom is -0.743 e. The molecule has 0 aliphatic heterocycles. The van der Waals surface area contributed by atoms with Gasteiger partial charge in [-0.3, -0.25) is 0 Å². The number of rotatable bonds is 7. The Hall–Kier alpha value is -0.164. The zero-order valence-corrected chi connectivity index (χ0v) is 18.6. The quantitative estimate of drug-likeness (QED) is 0.205. The number of sulfone groups is 1. The standard InChI is InChI=1S/C10H2F12O6S2.K/c11-2-1-3(12)5(14)6(4(2)13)29(23,24)9(19,20)7(15,16)28-8(17,18)10(21,22)30(25,26)27;/h1H,(H,25,26,27);/q;+1/p-1. The van der Waals surface area contributed by atoms with Crippen molar-refractivity contribution < 1.29 is 130 Å². The van der Waals surface area contributed by atoms with Gasteiger partial charge in [-0.1, -0.05) is 0 Å². The van der Waals surface area contributed by atoms with E-state index in [2.05, 4.69) is 0 Å². The van der Waals surface area contributed by atoms with E-state index in [0.717, 1.165) is 0 Å². The Labute approximate surface area is 205 Å². The number of ether oxygens (including phenoxy) is 1. The Bertz CT molecular complexity index is 1050. The molecule has 0 N–H and O–H groups in total. The van der Waals surface area contributed by atoms with E-state index in [0.29, 0.717) is 0 Å². The number of alkyl halides is 8. The van der Waals surface area contributed by atoms with Crippen molar-refractivity contribution in [1.29, 1.82) is 0 Å². The Kier molecular flexibility index (Phi) is 8.84. The molecule has 0 amide bonds.